The second kappa shape index (κ2) is 67.0. The molecule has 0 aromatic rings. The lowest BCUT2D eigenvalue weighted by Crippen LogP contribution is -2.30. The average Bonchev–Trinajstić information content (AvgIpc) is 3.47. The molecule has 0 saturated heterocycles. The summed E-state index contributed by atoms with van der Waals surface area (Å²) in [5.41, 5.74) is 0. The molecule has 0 bridgehead atoms. The standard InChI is InChI=1S/C75H116O6/c1-4-7-10-13-16-19-22-24-26-28-30-31-32-33-34-35-36-37-38-39-40-41-42-43-45-46-48-50-53-56-59-62-65-68-74(77)80-71-72(70-79-73(76)67-64-61-58-55-52-21-18-15-12-9-6-3)81-75(78)69-66-63-60-57-54-51-49-47-44-29-27-25-23-20-17-14-11-8-5-2/h7-8,10-11,15-20,24-27,30-31,33-34,36-37,39-40,42-44,46-48,51,54,72H,4-6,9,12-14,21-23,28-29,32,35,38,41,45,49-50,52-53,55-71H2,1-3H3/b10-7-,11-8-,18-15-,19-16-,20-17-,26-24-,27-25-,31-30-,34-33-,37-36-,40-39-,43-42-,47-44-,48-46-,54-51-. The van der Waals surface area contributed by atoms with Crippen LogP contribution in [0, 0.1) is 0 Å². The van der Waals surface area contributed by atoms with Gasteiger partial charge in [-0.05, 0) is 154 Å². The van der Waals surface area contributed by atoms with E-state index >= 15 is 0 Å². The van der Waals surface area contributed by atoms with E-state index in [1.807, 2.05) is 0 Å². The van der Waals surface area contributed by atoms with Crippen molar-refractivity contribution in [1.82, 2.24) is 0 Å². The Morgan fingerprint density at radius 1 is 0.259 bits per heavy atom. The van der Waals surface area contributed by atoms with Gasteiger partial charge in [-0.3, -0.25) is 14.4 Å². The average molecular weight is 1110 g/mol. The minimum atomic E-state index is -0.818. The molecule has 0 saturated carbocycles. The summed E-state index contributed by atoms with van der Waals surface area (Å²) >= 11 is 0. The van der Waals surface area contributed by atoms with Crippen LogP contribution >= 0.6 is 0 Å². The van der Waals surface area contributed by atoms with Crippen molar-refractivity contribution in [3.8, 4) is 0 Å². The molecule has 0 aromatic heterocycles. The van der Waals surface area contributed by atoms with Gasteiger partial charge in [-0.25, -0.2) is 0 Å². The number of hydrogen-bond acceptors (Lipinski definition) is 6. The first kappa shape index (κ1) is 75.5. The molecule has 6 heteroatoms. The van der Waals surface area contributed by atoms with E-state index in [9.17, 15) is 14.4 Å². The molecule has 0 spiro atoms. The third-order valence-corrected chi connectivity index (χ3v) is 12.9. The summed E-state index contributed by atoms with van der Waals surface area (Å²) in [6, 6.07) is 0. The molecule has 0 radical (unpaired) electrons. The van der Waals surface area contributed by atoms with Gasteiger partial charge in [-0.15, -0.1) is 0 Å². The van der Waals surface area contributed by atoms with Crippen LogP contribution in [0.25, 0.3) is 0 Å². The first-order chi connectivity index (χ1) is 40.0. The fourth-order valence-electron chi connectivity index (χ4n) is 8.09. The van der Waals surface area contributed by atoms with Crippen molar-refractivity contribution in [3.63, 3.8) is 0 Å². The van der Waals surface area contributed by atoms with Gasteiger partial charge in [0, 0.05) is 19.3 Å². The number of ether oxygens (including phenoxy) is 3. The van der Waals surface area contributed by atoms with Crippen molar-refractivity contribution in [2.45, 2.75) is 258 Å². The summed E-state index contributed by atoms with van der Waals surface area (Å²) in [6.07, 6.45) is 100. The summed E-state index contributed by atoms with van der Waals surface area (Å²) in [6.45, 7) is 6.31. The van der Waals surface area contributed by atoms with E-state index in [1.54, 1.807) is 0 Å². The van der Waals surface area contributed by atoms with Crippen LogP contribution in [0.3, 0.4) is 0 Å². The van der Waals surface area contributed by atoms with Crippen LogP contribution in [0.5, 0.6) is 0 Å². The highest BCUT2D eigenvalue weighted by Gasteiger charge is 2.19. The number of carbonyl (C=O) groups excluding carboxylic acids is 3. The zero-order valence-corrected chi connectivity index (χ0v) is 51.7. The molecule has 0 heterocycles. The smallest absolute Gasteiger partial charge is 0.306 e. The van der Waals surface area contributed by atoms with E-state index in [-0.39, 0.29) is 37.5 Å². The van der Waals surface area contributed by atoms with Gasteiger partial charge in [-0.1, -0.05) is 261 Å². The molecule has 6 nitrogen and oxygen atoms in total. The van der Waals surface area contributed by atoms with E-state index in [0.29, 0.717) is 19.3 Å². The van der Waals surface area contributed by atoms with Gasteiger partial charge in [0.25, 0.3) is 0 Å². The van der Waals surface area contributed by atoms with Crippen LogP contribution in [0.15, 0.2) is 182 Å². The van der Waals surface area contributed by atoms with Crippen molar-refractivity contribution in [2.24, 2.45) is 0 Å². The SMILES string of the molecule is CC/C=C\C/C=C\C/C=C\C/C=C\C/C=C\C/C=C\C/C=C\C/C=C\C/C=C\CCCCCCCC(=O)OCC(COC(=O)CCCCCCC/C=C\CCCC)OC(=O)CCCCC/C=C\C/C=C\C/C=C\C/C=C\C/C=C\CC. The molecule has 0 aliphatic carbocycles. The molecule has 81 heavy (non-hydrogen) atoms. The third kappa shape index (κ3) is 65.2. The van der Waals surface area contributed by atoms with E-state index in [0.717, 1.165) is 180 Å². The van der Waals surface area contributed by atoms with Crippen molar-refractivity contribution < 1.29 is 28.6 Å². The van der Waals surface area contributed by atoms with E-state index in [2.05, 4.69) is 203 Å². The Hall–Kier alpha value is -5.49. The first-order valence-corrected chi connectivity index (χ1v) is 32.3. The Labute approximate surface area is 497 Å². The van der Waals surface area contributed by atoms with Crippen LogP contribution in [0.2, 0.25) is 0 Å². The summed E-state index contributed by atoms with van der Waals surface area (Å²) in [7, 11) is 0. The van der Waals surface area contributed by atoms with Crippen molar-refractivity contribution in [3.05, 3.63) is 182 Å². The van der Waals surface area contributed by atoms with Crippen LogP contribution < -0.4 is 0 Å². The van der Waals surface area contributed by atoms with E-state index < -0.39 is 6.10 Å². The number of allylic oxidation sites excluding steroid dienone is 30. The van der Waals surface area contributed by atoms with Gasteiger partial charge in [0.15, 0.2) is 6.10 Å². The van der Waals surface area contributed by atoms with Gasteiger partial charge < -0.3 is 14.2 Å². The second-order valence-electron chi connectivity index (χ2n) is 20.5. The normalized spacial score (nSPS) is 13.4. The van der Waals surface area contributed by atoms with E-state index in [1.165, 1.54) is 25.7 Å². The Morgan fingerprint density at radius 2 is 0.481 bits per heavy atom. The zero-order chi connectivity index (χ0) is 58.5. The molecular formula is C75H116O6. The molecule has 0 aliphatic rings. The van der Waals surface area contributed by atoms with Gasteiger partial charge in [0.05, 0.1) is 0 Å². The molecule has 1 atom stereocenters. The van der Waals surface area contributed by atoms with Gasteiger partial charge >= 0.3 is 17.9 Å². The number of unbranched alkanes of at least 4 members (excludes halogenated alkanes) is 15. The lowest BCUT2D eigenvalue weighted by atomic mass is 10.1. The Morgan fingerprint density at radius 3 is 0.778 bits per heavy atom. The predicted molar refractivity (Wildman–Crippen MR) is 352 cm³/mol. The maximum Gasteiger partial charge on any atom is 0.306 e. The lowest BCUT2D eigenvalue weighted by Gasteiger charge is -2.18. The number of rotatable bonds is 56. The molecule has 0 rings (SSSR count). The highest BCUT2D eigenvalue weighted by atomic mass is 16.6. The fraction of sp³-hybridized carbons (Fsp3) is 0.560. The first-order valence-electron chi connectivity index (χ1n) is 32.3. The quantitative estimate of drug-likeness (QED) is 0.0261. The Balaban J connectivity index is 4.38. The van der Waals surface area contributed by atoms with Gasteiger partial charge in [0.1, 0.15) is 13.2 Å². The Bertz CT molecular complexity index is 1900. The van der Waals surface area contributed by atoms with Crippen LogP contribution in [0.4, 0.5) is 0 Å². The van der Waals surface area contributed by atoms with Crippen molar-refractivity contribution in [1.29, 1.82) is 0 Å². The predicted octanol–water partition coefficient (Wildman–Crippen LogP) is 22.4. The Kier molecular flexibility index (Phi) is 62.5. The molecule has 0 amide bonds. The number of hydrogen-bond donors (Lipinski definition) is 0. The molecular weight excluding hydrogens is 997 g/mol. The lowest BCUT2D eigenvalue weighted by molar-refractivity contribution is -0.167. The summed E-state index contributed by atoms with van der Waals surface area (Å²) in [4.78, 5) is 38.2. The topological polar surface area (TPSA) is 78.9 Å². The highest BCUT2D eigenvalue weighted by molar-refractivity contribution is 5.71. The van der Waals surface area contributed by atoms with Crippen LogP contribution in [0.1, 0.15) is 252 Å². The third-order valence-electron chi connectivity index (χ3n) is 12.9. The summed E-state index contributed by atoms with van der Waals surface area (Å²) in [5.74, 6) is -0.980. The number of esters is 3. The van der Waals surface area contributed by atoms with Crippen molar-refractivity contribution >= 4 is 17.9 Å². The summed E-state index contributed by atoms with van der Waals surface area (Å²) < 4.78 is 16.8. The zero-order valence-electron chi connectivity index (χ0n) is 51.7. The largest absolute Gasteiger partial charge is 0.462 e. The molecule has 0 aromatic carbocycles. The van der Waals surface area contributed by atoms with Crippen LogP contribution in [-0.2, 0) is 28.6 Å². The molecule has 452 valence electrons. The second-order valence-corrected chi connectivity index (χ2v) is 20.5. The van der Waals surface area contributed by atoms with Crippen molar-refractivity contribution in [2.75, 3.05) is 13.2 Å². The molecule has 1 unspecified atom stereocenters. The minimum absolute atomic E-state index is 0.110. The maximum absolute atomic E-state index is 12.9. The van der Waals surface area contributed by atoms with Gasteiger partial charge in [-0.2, -0.15) is 0 Å². The molecule has 0 N–H and O–H groups in total. The maximum atomic E-state index is 12.9. The highest BCUT2D eigenvalue weighted by Crippen LogP contribution is 2.13. The summed E-state index contributed by atoms with van der Waals surface area (Å²) in [5, 5.41) is 0. The van der Waals surface area contributed by atoms with Gasteiger partial charge in [0.2, 0.25) is 0 Å². The van der Waals surface area contributed by atoms with E-state index in [4.69, 9.17) is 14.2 Å². The monoisotopic (exact) mass is 1110 g/mol. The fourth-order valence-corrected chi connectivity index (χ4v) is 8.09. The molecule has 0 fully saturated rings. The molecule has 0 aliphatic heterocycles. The number of carbonyl (C=O) groups is 3. The van der Waals surface area contributed by atoms with Crippen LogP contribution in [-0.4, -0.2) is 37.2 Å². The minimum Gasteiger partial charge on any atom is -0.462 e.